The Hall–Kier alpha value is -1.84. The molecule has 0 aliphatic rings. The van der Waals surface area contributed by atoms with Crippen molar-refractivity contribution in [1.82, 2.24) is 4.98 Å². The zero-order valence-electron chi connectivity index (χ0n) is 9.21. The van der Waals surface area contributed by atoms with Crippen molar-refractivity contribution in [3.8, 4) is 17.5 Å². The molecule has 1 aromatic carbocycles. The van der Waals surface area contributed by atoms with Gasteiger partial charge >= 0.3 is 0 Å². The van der Waals surface area contributed by atoms with Crippen LogP contribution >= 0.6 is 10.7 Å². The lowest BCUT2D eigenvalue weighted by atomic mass is 10.1. The van der Waals surface area contributed by atoms with E-state index in [4.69, 9.17) is 20.4 Å². The quantitative estimate of drug-likeness (QED) is 0.790. The number of halogens is 1. The van der Waals surface area contributed by atoms with Crippen molar-refractivity contribution in [2.45, 2.75) is 12.0 Å². The Kier molecular flexibility index (Phi) is 3.11. The summed E-state index contributed by atoms with van der Waals surface area (Å²) in [5.41, 5.74) is 1.12. The van der Waals surface area contributed by atoms with Crippen molar-refractivity contribution < 1.29 is 12.8 Å². The summed E-state index contributed by atoms with van der Waals surface area (Å²) < 4.78 is 27.5. The number of nitrogens with zero attached hydrogens (tertiary/aromatic N) is 2. The zero-order chi connectivity index (χ0) is 13.3. The SMILES string of the molecule is Cc1ccccc1-c1nc(C#N)c(S(=O)(=O)Cl)o1. The second-order valence-corrected chi connectivity index (χ2v) is 5.98. The van der Waals surface area contributed by atoms with Crippen LogP contribution in [0.2, 0.25) is 0 Å². The summed E-state index contributed by atoms with van der Waals surface area (Å²) in [7, 11) is 1.05. The maximum absolute atomic E-state index is 11.2. The van der Waals surface area contributed by atoms with E-state index in [-0.39, 0.29) is 11.6 Å². The molecule has 0 radical (unpaired) electrons. The largest absolute Gasteiger partial charge is 0.422 e. The smallest absolute Gasteiger partial charge is 0.297 e. The lowest BCUT2D eigenvalue weighted by Crippen LogP contribution is -1.90. The van der Waals surface area contributed by atoms with Gasteiger partial charge < -0.3 is 4.42 Å². The summed E-state index contributed by atoms with van der Waals surface area (Å²) in [6.07, 6.45) is 0. The minimum atomic E-state index is -4.13. The van der Waals surface area contributed by atoms with Crippen molar-refractivity contribution in [1.29, 1.82) is 5.26 Å². The monoisotopic (exact) mass is 282 g/mol. The Balaban J connectivity index is 2.67. The third kappa shape index (κ3) is 2.23. The van der Waals surface area contributed by atoms with Crippen molar-refractivity contribution in [3.63, 3.8) is 0 Å². The van der Waals surface area contributed by atoms with Crippen molar-refractivity contribution in [2.24, 2.45) is 0 Å². The highest BCUT2D eigenvalue weighted by Crippen LogP contribution is 2.28. The normalized spacial score (nSPS) is 11.2. The average molecular weight is 283 g/mol. The van der Waals surface area contributed by atoms with Crippen LogP contribution in [0.1, 0.15) is 11.3 Å². The van der Waals surface area contributed by atoms with E-state index in [0.717, 1.165) is 5.56 Å². The molecule has 1 aromatic heterocycles. The van der Waals surface area contributed by atoms with Gasteiger partial charge in [-0.05, 0) is 18.6 Å². The maximum atomic E-state index is 11.2. The van der Waals surface area contributed by atoms with Gasteiger partial charge in [0.15, 0.2) is 5.69 Å². The fraction of sp³-hybridized carbons (Fsp3) is 0.0909. The topological polar surface area (TPSA) is 84.0 Å². The number of benzene rings is 1. The fourth-order valence-electron chi connectivity index (χ4n) is 1.47. The fourth-order valence-corrected chi connectivity index (χ4v) is 2.28. The Bertz CT molecular complexity index is 744. The van der Waals surface area contributed by atoms with E-state index in [2.05, 4.69) is 4.98 Å². The van der Waals surface area contributed by atoms with Gasteiger partial charge in [-0.25, -0.2) is 8.42 Å². The van der Waals surface area contributed by atoms with Gasteiger partial charge in [-0.1, -0.05) is 18.2 Å². The molecule has 18 heavy (non-hydrogen) atoms. The summed E-state index contributed by atoms with van der Waals surface area (Å²) in [6, 6.07) is 8.76. The molecule has 0 atom stereocenters. The van der Waals surface area contributed by atoms with Gasteiger partial charge in [-0.2, -0.15) is 10.2 Å². The van der Waals surface area contributed by atoms with E-state index < -0.39 is 14.1 Å². The number of aryl methyl sites for hydroxylation is 1. The second kappa shape index (κ2) is 4.44. The molecule has 0 unspecified atom stereocenters. The highest BCUT2D eigenvalue weighted by molar-refractivity contribution is 8.13. The molecule has 0 spiro atoms. The molecule has 0 N–H and O–H groups in total. The van der Waals surface area contributed by atoms with Crippen molar-refractivity contribution in [3.05, 3.63) is 35.5 Å². The number of oxazole rings is 1. The molecule has 0 saturated carbocycles. The highest BCUT2D eigenvalue weighted by Gasteiger charge is 2.25. The molecule has 2 rings (SSSR count). The molecule has 0 saturated heterocycles. The molecule has 92 valence electrons. The summed E-state index contributed by atoms with van der Waals surface area (Å²) >= 11 is 0. The number of rotatable bonds is 2. The lowest BCUT2D eigenvalue weighted by Gasteiger charge is -1.98. The molecule has 0 aliphatic carbocycles. The summed E-state index contributed by atoms with van der Waals surface area (Å²) in [5, 5.41) is 8.20. The number of nitriles is 1. The van der Waals surface area contributed by atoms with Gasteiger partial charge in [0.1, 0.15) is 6.07 Å². The van der Waals surface area contributed by atoms with Crippen LogP contribution in [-0.4, -0.2) is 13.4 Å². The molecule has 0 bridgehead atoms. The third-order valence-electron chi connectivity index (χ3n) is 2.30. The van der Waals surface area contributed by atoms with Crippen LogP contribution in [0, 0.1) is 18.3 Å². The molecule has 0 amide bonds. The molecular weight excluding hydrogens is 276 g/mol. The molecular formula is C11H7ClN2O3S. The Morgan fingerprint density at radius 3 is 2.56 bits per heavy atom. The van der Waals surface area contributed by atoms with Crippen molar-refractivity contribution in [2.75, 3.05) is 0 Å². The van der Waals surface area contributed by atoms with E-state index in [9.17, 15) is 8.42 Å². The first-order valence-electron chi connectivity index (χ1n) is 4.85. The Labute approximate surface area is 108 Å². The first kappa shape index (κ1) is 12.6. The van der Waals surface area contributed by atoms with E-state index in [1.54, 1.807) is 18.2 Å². The zero-order valence-corrected chi connectivity index (χ0v) is 10.8. The maximum Gasteiger partial charge on any atom is 0.297 e. The van der Waals surface area contributed by atoms with E-state index in [1.807, 2.05) is 19.1 Å². The number of aromatic nitrogens is 1. The highest BCUT2D eigenvalue weighted by atomic mass is 35.7. The van der Waals surface area contributed by atoms with Gasteiger partial charge in [0.25, 0.3) is 14.1 Å². The van der Waals surface area contributed by atoms with Crippen LogP contribution in [0.25, 0.3) is 11.5 Å². The molecule has 2 aromatic rings. The summed E-state index contributed by atoms with van der Waals surface area (Å²) in [5.74, 6) is 0.0591. The number of hydrogen-bond acceptors (Lipinski definition) is 5. The van der Waals surface area contributed by atoms with Crippen LogP contribution in [0.5, 0.6) is 0 Å². The van der Waals surface area contributed by atoms with Gasteiger partial charge in [-0.15, -0.1) is 0 Å². The van der Waals surface area contributed by atoms with Crippen molar-refractivity contribution >= 4 is 19.7 Å². The molecule has 1 heterocycles. The summed E-state index contributed by atoms with van der Waals surface area (Å²) in [4.78, 5) is 3.83. The van der Waals surface area contributed by atoms with E-state index in [1.165, 1.54) is 0 Å². The Morgan fingerprint density at radius 2 is 2.06 bits per heavy atom. The predicted molar refractivity (Wildman–Crippen MR) is 64.4 cm³/mol. The first-order valence-corrected chi connectivity index (χ1v) is 7.16. The minimum absolute atomic E-state index is 0.0591. The molecule has 5 nitrogen and oxygen atoms in total. The summed E-state index contributed by atoms with van der Waals surface area (Å²) in [6.45, 7) is 1.82. The van der Waals surface area contributed by atoms with E-state index in [0.29, 0.717) is 5.56 Å². The van der Waals surface area contributed by atoms with Gasteiger partial charge in [-0.3, -0.25) is 0 Å². The minimum Gasteiger partial charge on any atom is -0.422 e. The van der Waals surface area contributed by atoms with Gasteiger partial charge in [0.2, 0.25) is 5.89 Å². The van der Waals surface area contributed by atoms with Crippen LogP contribution < -0.4 is 0 Å². The van der Waals surface area contributed by atoms with Crippen LogP contribution in [0.3, 0.4) is 0 Å². The third-order valence-corrected chi connectivity index (χ3v) is 3.44. The average Bonchev–Trinajstić information content (AvgIpc) is 2.73. The Morgan fingerprint density at radius 1 is 1.39 bits per heavy atom. The van der Waals surface area contributed by atoms with Crippen LogP contribution in [0.15, 0.2) is 33.8 Å². The molecule has 7 heteroatoms. The van der Waals surface area contributed by atoms with Gasteiger partial charge in [0, 0.05) is 16.2 Å². The number of hydrogen-bond donors (Lipinski definition) is 0. The van der Waals surface area contributed by atoms with Crippen LogP contribution in [-0.2, 0) is 9.05 Å². The van der Waals surface area contributed by atoms with Gasteiger partial charge in [0.05, 0.1) is 0 Å². The van der Waals surface area contributed by atoms with Crippen LogP contribution in [0.4, 0.5) is 0 Å². The molecule has 0 fully saturated rings. The first-order chi connectivity index (χ1) is 8.43. The second-order valence-electron chi connectivity index (χ2n) is 3.52. The standard InChI is InChI=1S/C11H7ClN2O3S/c1-7-4-2-3-5-8(7)10-14-9(6-13)11(17-10)18(12,15)16/h2-5H,1H3. The predicted octanol–water partition coefficient (Wildman–Crippen LogP) is 2.45. The van der Waals surface area contributed by atoms with E-state index >= 15 is 0 Å². The molecule has 0 aliphatic heterocycles. The lowest BCUT2D eigenvalue weighted by molar-refractivity contribution is 0.462.